The highest BCUT2D eigenvalue weighted by Gasteiger charge is 2.17. The largest absolute Gasteiger partial charge is 0.389 e. The van der Waals surface area contributed by atoms with Crippen molar-refractivity contribution >= 4 is 0 Å². The number of hydrogen-bond acceptors (Lipinski definition) is 4. The van der Waals surface area contributed by atoms with Gasteiger partial charge in [-0.1, -0.05) is 12.8 Å². The molecule has 1 aliphatic carbocycles. The molecule has 2 N–H and O–H groups in total. The van der Waals surface area contributed by atoms with E-state index in [1.54, 1.807) is 0 Å². The molecule has 0 radical (unpaired) electrons. The topological polar surface area (TPSA) is 50.7 Å². The number of aliphatic hydroxyl groups is 1. The van der Waals surface area contributed by atoms with Gasteiger partial charge in [-0.05, 0) is 38.6 Å². The summed E-state index contributed by atoms with van der Waals surface area (Å²) in [5.41, 5.74) is 0. The average Bonchev–Trinajstić information content (AvgIpc) is 3.04. The molecule has 0 amide bonds. The van der Waals surface area contributed by atoms with E-state index in [0.717, 1.165) is 19.6 Å². The fourth-order valence-electron chi connectivity index (χ4n) is 2.76. The van der Waals surface area contributed by atoms with Crippen LogP contribution in [0.25, 0.3) is 0 Å². The first-order chi connectivity index (χ1) is 8.84. The Labute approximate surface area is 110 Å². The lowest BCUT2D eigenvalue weighted by molar-refractivity contribution is -0.00565. The van der Waals surface area contributed by atoms with E-state index < -0.39 is 0 Å². The molecule has 18 heavy (non-hydrogen) atoms. The van der Waals surface area contributed by atoms with Gasteiger partial charge >= 0.3 is 0 Å². The van der Waals surface area contributed by atoms with Crippen LogP contribution in [0, 0.1) is 0 Å². The second-order valence-electron chi connectivity index (χ2n) is 5.52. The maximum Gasteiger partial charge on any atom is 0.0897 e. The standard InChI is InChI=1S/C14H27NO3/c16-12(11-18-13-4-1-2-5-13)10-15-8-7-14-6-3-9-17-14/h12-16H,1-11H2. The molecular formula is C14H27NO3. The molecule has 2 fully saturated rings. The molecule has 2 atom stereocenters. The lowest BCUT2D eigenvalue weighted by Gasteiger charge is -2.16. The Bertz CT molecular complexity index is 213. The van der Waals surface area contributed by atoms with Crippen molar-refractivity contribution in [2.24, 2.45) is 0 Å². The van der Waals surface area contributed by atoms with Crippen LogP contribution < -0.4 is 5.32 Å². The zero-order valence-electron chi connectivity index (χ0n) is 11.3. The van der Waals surface area contributed by atoms with Gasteiger partial charge in [-0.15, -0.1) is 0 Å². The van der Waals surface area contributed by atoms with Gasteiger partial charge in [0.2, 0.25) is 0 Å². The molecule has 4 heteroatoms. The minimum absolute atomic E-state index is 0.380. The van der Waals surface area contributed by atoms with Crippen molar-refractivity contribution in [1.29, 1.82) is 0 Å². The van der Waals surface area contributed by atoms with E-state index in [9.17, 15) is 5.11 Å². The molecule has 4 nitrogen and oxygen atoms in total. The van der Waals surface area contributed by atoms with E-state index in [-0.39, 0.29) is 6.10 Å². The van der Waals surface area contributed by atoms with E-state index in [4.69, 9.17) is 9.47 Å². The van der Waals surface area contributed by atoms with Crippen molar-refractivity contribution in [3.63, 3.8) is 0 Å². The van der Waals surface area contributed by atoms with E-state index in [1.807, 2.05) is 0 Å². The third-order valence-corrected chi connectivity index (χ3v) is 3.87. The number of ether oxygens (including phenoxy) is 2. The van der Waals surface area contributed by atoms with Gasteiger partial charge in [0, 0.05) is 13.2 Å². The highest BCUT2D eigenvalue weighted by Crippen LogP contribution is 2.20. The molecule has 2 rings (SSSR count). The molecule has 0 spiro atoms. The summed E-state index contributed by atoms with van der Waals surface area (Å²) in [5.74, 6) is 0. The predicted molar refractivity (Wildman–Crippen MR) is 70.7 cm³/mol. The monoisotopic (exact) mass is 257 g/mol. The Hall–Kier alpha value is -0.160. The Balaban J connectivity index is 1.42. The Morgan fingerprint density at radius 2 is 2.06 bits per heavy atom. The highest BCUT2D eigenvalue weighted by molar-refractivity contribution is 4.69. The van der Waals surface area contributed by atoms with Crippen LogP contribution in [0.3, 0.4) is 0 Å². The first-order valence-electron chi connectivity index (χ1n) is 7.46. The maximum absolute atomic E-state index is 9.78. The van der Waals surface area contributed by atoms with Gasteiger partial charge < -0.3 is 19.9 Å². The number of nitrogens with one attached hydrogen (secondary N) is 1. The third kappa shape index (κ3) is 5.22. The second-order valence-corrected chi connectivity index (χ2v) is 5.52. The normalized spacial score (nSPS) is 26.8. The first kappa shape index (κ1) is 14.3. The summed E-state index contributed by atoms with van der Waals surface area (Å²) in [5, 5.41) is 13.1. The molecule has 0 aromatic heterocycles. The van der Waals surface area contributed by atoms with Crippen LogP contribution in [-0.4, -0.2) is 49.7 Å². The van der Waals surface area contributed by atoms with Crippen LogP contribution in [0.1, 0.15) is 44.9 Å². The fourth-order valence-corrected chi connectivity index (χ4v) is 2.76. The molecular weight excluding hydrogens is 230 g/mol. The smallest absolute Gasteiger partial charge is 0.0897 e. The van der Waals surface area contributed by atoms with Crippen molar-refractivity contribution in [3.8, 4) is 0 Å². The van der Waals surface area contributed by atoms with Gasteiger partial charge in [0.05, 0.1) is 24.9 Å². The van der Waals surface area contributed by atoms with E-state index in [1.165, 1.54) is 38.5 Å². The van der Waals surface area contributed by atoms with Crippen LogP contribution in [0.15, 0.2) is 0 Å². The fraction of sp³-hybridized carbons (Fsp3) is 1.00. The van der Waals surface area contributed by atoms with Crippen molar-refractivity contribution in [2.75, 3.05) is 26.3 Å². The molecule has 1 saturated heterocycles. The molecule has 106 valence electrons. The Kier molecular flexibility index (Phi) is 6.41. The maximum atomic E-state index is 9.78. The van der Waals surface area contributed by atoms with Crippen molar-refractivity contribution < 1.29 is 14.6 Å². The lowest BCUT2D eigenvalue weighted by Crippen LogP contribution is -2.33. The average molecular weight is 257 g/mol. The highest BCUT2D eigenvalue weighted by atomic mass is 16.5. The zero-order valence-corrected chi connectivity index (χ0v) is 11.3. The lowest BCUT2D eigenvalue weighted by atomic mass is 10.2. The van der Waals surface area contributed by atoms with Crippen molar-refractivity contribution in [1.82, 2.24) is 5.32 Å². The molecule has 0 aromatic rings. The first-order valence-corrected chi connectivity index (χ1v) is 7.46. The van der Waals surface area contributed by atoms with E-state index in [2.05, 4.69) is 5.32 Å². The summed E-state index contributed by atoms with van der Waals surface area (Å²) < 4.78 is 11.2. The van der Waals surface area contributed by atoms with Gasteiger partial charge in [0.25, 0.3) is 0 Å². The second kappa shape index (κ2) is 8.10. The molecule has 2 unspecified atom stereocenters. The van der Waals surface area contributed by atoms with Crippen molar-refractivity contribution in [3.05, 3.63) is 0 Å². The van der Waals surface area contributed by atoms with Gasteiger partial charge in [0.1, 0.15) is 0 Å². The van der Waals surface area contributed by atoms with Crippen LogP contribution in [0.5, 0.6) is 0 Å². The molecule has 0 bridgehead atoms. The van der Waals surface area contributed by atoms with E-state index in [0.29, 0.717) is 25.4 Å². The number of rotatable bonds is 8. The SMILES string of the molecule is OC(CNCCC1CCCO1)COC1CCCC1. The van der Waals surface area contributed by atoms with Gasteiger partial charge in [-0.25, -0.2) is 0 Å². The minimum atomic E-state index is -0.380. The number of hydrogen-bond donors (Lipinski definition) is 2. The number of aliphatic hydroxyl groups excluding tert-OH is 1. The quantitative estimate of drug-likeness (QED) is 0.647. The minimum Gasteiger partial charge on any atom is -0.389 e. The van der Waals surface area contributed by atoms with Gasteiger partial charge in [-0.2, -0.15) is 0 Å². The molecule has 1 saturated carbocycles. The molecule has 2 aliphatic rings. The summed E-state index contributed by atoms with van der Waals surface area (Å²) in [6, 6.07) is 0. The van der Waals surface area contributed by atoms with E-state index >= 15 is 0 Å². The predicted octanol–water partition coefficient (Wildman–Crippen LogP) is 1.47. The van der Waals surface area contributed by atoms with Crippen LogP contribution in [0.2, 0.25) is 0 Å². The molecule has 1 heterocycles. The zero-order chi connectivity index (χ0) is 12.6. The van der Waals surface area contributed by atoms with Crippen molar-refractivity contribution in [2.45, 2.75) is 63.3 Å². The van der Waals surface area contributed by atoms with Gasteiger partial charge in [0.15, 0.2) is 0 Å². The molecule has 0 aromatic carbocycles. The third-order valence-electron chi connectivity index (χ3n) is 3.87. The van der Waals surface area contributed by atoms with Crippen LogP contribution >= 0.6 is 0 Å². The van der Waals surface area contributed by atoms with Crippen LogP contribution in [-0.2, 0) is 9.47 Å². The Morgan fingerprint density at radius 3 is 2.78 bits per heavy atom. The summed E-state index contributed by atoms with van der Waals surface area (Å²) in [4.78, 5) is 0. The summed E-state index contributed by atoms with van der Waals surface area (Å²) in [6.07, 6.45) is 8.78. The Morgan fingerprint density at radius 1 is 1.22 bits per heavy atom. The molecule has 1 aliphatic heterocycles. The summed E-state index contributed by atoms with van der Waals surface area (Å²) in [6.45, 7) is 2.94. The summed E-state index contributed by atoms with van der Waals surface area (Å²) >= 11 is 0. The van der Waals surface area contributed by atoms with Gasteiger partial charge in [-0.3, -0.25) is 0 Å². The summed E-state index contributed by atoms with van der Waals surface area (Å²) in [7, 11) is 0. The van der Waals surface area contributed by atoms with Crippen LogP contribution in [0.4, 0.5) is 0 Å².